The lowest BCUT2D eigenvalue weighted by atomic mass is 10.4. The Morgan fingerprint density at radius 2 is 2.00 bits per heavy atom. The molecule has 2 aromatic heterocycles. The fourth-order valence-electron chi connectivity index (χ4n) is 2.34. The summed E-state index contributed by atoms with van der Waals surface area (Å²) in [6.45, 7) is 0.537. The van der Waals surface area contributed by atoms with Crippen molar-refractivity contribution in [2.24, 2.45) is 20.0 Å². The topological polar surface area (TPSA) is 90.9 Å². The lowest BCUT2D eigenvalue weighted by Gasteiger charge is -2.08. The van der Waals surface area contributed by atoms with E-state index in [9.17, 15) is 14.4 Å². The highest BCUT2D eigenvalue weighted by atomic mass is 35.5. The molecule has 0 atom stereocenters. The number of carbonyl (C=O) groups excluding carboxylic acids is 1. The summed E-state index contributed by atoms with van der Waals surface area (Å²) in [5.74, 6) is 0.330. The van der Waals surface area contributed by atoms with Gasteiger partial charge in [0.2, 0.25) is 11.2 Å². The van der Waals surface area contributed by atoms with Crippen molar-refractivity contribution in [1.82, 2.24) is 24.0 Å². The summed E-state index contributed by atoms with van der Waals surface area (Å²) < 4.78 is 3.54. The van der Waals surface area contributed by atoms with E-state index in [2.05, 4.69) is 10.3 Å². The predicted molar refractivity (Wildman–Crippen MR) is 81.0 cm³/mol. The van der Waals surface area contributed by atoms with Gasteiger partial charge in [0.1, 0.15) is 6.54 Å². The van der Waals surface area contributed by atoms with Crippen molar-refractivity contribution in [2.45, 2.75) is 19.4 Å². The molecular formula is C13H16ClN5O3. The first-order valence-electron chi connectivity index (χ1n) is 6.98. The summed E-state index contributed by atoms with van der Waals surface area (Å²) in [7, 11) is 2.88. The van der Waals surface area contributed by atoms with Crippen LogP contribution in [0.4, 0.5) is 0 Å². The van der Waals surface area contributed by atoms with E-state index in [4.69, 9.17) is 11.6 Å². The molecule has 1 aliphatic carbocycles. The first-order chi connectivity index (χ1) is 10.4. The van der Waals surface area contributed by atoms with Crippen molar-refractivity contribution in [2.75, 3.05) is 6.54 Å². The molecule has 0 saturated heterocycles. The normalized spacial score (nSPS) is 14.5. The molecule has 0 aromatic carbocycles. The van der Waals surface area contributed by atoms with Crippen LogP contribution in [0.5, 0.6) is 0 Å². The van der Waals surface area contributed by atoms with E-state index in [0.29, 0.717) is 12.5 Å². The van der Waals surface area contributed by atoms with Crippen LogP contribution in [0.25, 0.3) is 11.2 Å². The second-order valence-corrected chi connectivity index (χ2v) is 5.93. The summed E-state index contributed by atoms with van der Waals surface area (Å²) in [6, 6.07) is 0. The number of aryl methyl sites for hydroxylation is 1. The molecule has 1 N–H and O–H groups in total. The maximum Gasteiger partial charge on any atom is 0.332 e. The molecular weight excluding hydrogens is 310 g/mol. The van der Waals surface area contributed by atoms with Crippen LogP contribution in [0.15, 0.2) is 9.59 Å². The number of imidazole rings is 1. The number of nitrogens with zero attached hydrogens (tertiary/aromatic N) is 4. The van der Waals surface area contributed by atoms with E-state index in [-0.39, 0.29) is 28.9 Å². The van der Waals surface area contributed by atoms with Crippen LogP contribution in [0.2, 0.25) is 5.28 Å². The SMILES string of the molecule is Cn1c(=O)c2c(nc(Cl)n2CC(=O)NCC2CC2)n(C)c1=O. The second-order valence-electron chi connectivity index (χ2n) is 5.59. The quantitative estimate of drug-likeness (QED) is 0.775. The minimum Gasteiger partial charge on any atom is -0.354 e. The smallest absolute Gasteiger partial charge is 0.332 e. The molecule has 1 fully saturated rings. The Morgan fingerprint density at radius 1 is 1.32 bits per heavy atom. The number of hydrogen-bond donors (Lipinski definition) is 1. The maximum atomic E-state index is 12.3. The van der Waals surface area contributed by atoms with E-state index in [0.717, 1.165) is 17.4 Å². The largest absolute Gasteiger partial charge is 0.354 e. The molecule has 0 aliphatic heterocycles. The first-order valence-corrected chi connectivity index (χ1v) is 7.36. The Morgan fingerprint density at radius 3 is 2.64 bits per heavy atom. The third kappa shape index (κ3) is 2.43. The summed E-state index contributed by atoms with van der Waals surface area (Å²) in [5, 5.41) is 2.82. The van der Waals surface area contributed by atoms with Gasteiger partial charge >= 0.3 is 5.69 Å². The Labute approximate surface area is 130 Å². The Balaban J connectivity index is 2.02. The minimum absolute atomic E-state index is 0.00914. The van der Waals surface area contributed by atoms with Gasteiger partial charge in [-0.15, -0.1) is 0 Å². The molecule has 0 radical (unpaired) electrons. The highest BCUT2D eigenvalue weighted by Crippen LogP contribution is 2.27. The van der Waals surface area contributed by atoms with E-state index in [1.807, 2.05) is 0 Å². The number of fused-ring (bicyclic) bond motifs is 1. The number of halogens is 1. The molecule has 9 heteroatoms. The number of amides is 1. The zero-order valence-corrected chi connectivity index (χ0v) is 13.1. The van der Waals surface area contributed by atoms with E-state index in [1.54, 1.807) is 0 Å². The highest BCUT2D eigenvalue weighted by molar-refractivity contribution is 6.29. The maximum absolute atomic E-state index is 12.3. The molecule has 0 unspecified atom stereocenters. The van der Waals surface area contributed by atoms with Crippen molar-refractivity contribution < 1.29 is 4.79 Å². The standard InChI is InChI=1S/C13H16ClN5O3/c1-17-10-9(11(21)18(2)13(17)22)19(12(14)16-10)6-8(20)15-5-7-3-4-7/h7H,3-6H2,1-2H3,(H,15,20). The van der Waals surface area contributed by atoms with Gasteiger partial charge in [0.05, 0.1) is 0 Å². The third-order valence-electron chi connectivity index (χ3n) is 3.89. The van der Waals surface area contributed by atoms with Gasteiger partial charge in [0.15, 0.2) is 11.2 Å². The summed E-state index contributed by atoms with van der Waals surface area (Å²) in [6.07, 6.45) is 2.27. The summed E-state index contributed by atoms with van der Waals surface area (Å²) in [5.41, 5.74) is -0.686. The summed E-state index contributed by atoms with van der Waals surface area (Å²) in [4.78, 5) is 40.2. The van der Waals surface area contributed by atoms with E-state index >= 15 is 0 Å². The van der Waals surface area contributed by atoms with Gasteiger partial charge in [-0.3, -0.25) is 23.3 Å². The molecule has 2 aromatic rings. The summed E-state index contributed by atoms with van der Waals surface area (Å²) >= 11 is 6.04. The van der Waals surface area contributed by atoms with E-state index < -0.39 is 11.2 Å². The van der Waals surface area contributed by atoms with Gasteiger partial charge < -0.3 is 5.32 Å². The van der Waals surface area contributed by atoms with Gasteiger partial charge in [-0.25, -0.2) is 4.79 Å². The van der Waals surface area contributed by atoms with Crippen molar-refractivity contribution in [1.29, 1.82) is 0 Å². The molecule has 2 heterocycles. The van der Waals surface area contributed by atoms with Gasteiger partial charge in [-0.2, -0.15) is 4.98 Å². The van der Waals surface area contributed by atoms with Crippen LogP contribution in [0, 0.1) is 5.92 Å². The molecule has 0 spiro atoms. The Bertz CT molecular complexity index is 874. The van der Waals surface area contributed by atoms with Crippen molar-refractivity contribution in [3.63, 3.8) is 0 Å². The average Bonchev–Trinajstić information content (AvgIpc) is 3.26. The number of nitrogens with one attached hydrogen (secondary N) is 1. The molecule has 1 saturated carbocycles. The van der Waals surface area contributed by atoms with Crippen LogP contribution < -0.4 is 16.6 Å². The van der Waals surface area contributed by atoms with Gasteiger partial charge in [0.25, 0.3) is 5.56 Å². The van der Waals surface area contributed by atoms with Crippen LogP contribution in [-0.2, 0) is 25.4 Å². The first kappa shape index (κ1) is 14.8. The number of aromatic nitrogens is 4. The number of carbonyl (C=O) groups is 1. The third-order valence-corrected chi connectivity index (χ3v) is 4.18. The fraction of sp³-hybridized carbons (Fsp3) is 0.538. The Kier molecular flexibility index (Phi) is 3.56. The average molecular weight is 326 g/mol. The highest BCUT2D eigenvalue weighted by Gasteiger charge is 2.23. The van der Waals surface area contributed by atoms with Crippen molar-refractivity contribution >= 4 is 28.7 Å². The second kappa shape index (κ2) is 5.28. The minimum atomic E-state index is -0.521. The molecule has 1 aliphatic rings. The van der Waals surface area contributed by atoms with E-state index in [1.165, 1.54) is 23.2 Å². The van der Waals surface area contributed by atoms with Crippen molar-refractivity contribution in [3.05, 3.63) is 26.1 Å². The molecule has 0 bridgehead atoms. The van der Waals surface area contributed by atoms with Gasteiger partial charge in [-0.1, -0.05) is 0 Å². The molecule has 1 amide bonds. The Hall–Kier alpha value is -2.09. The lowest BCUT2D eigenvalue weighted by Crippen LogP contribution is -2.38. The van der Waals surface area contributed by atoms with Crippen LogP contribution in [0.3, 0.4) is 0 Å². The number of rotatable bonds is 4. The van der Waals surface area contributed by atoms with Crippen LogP contribution >= 0.6 is 11.6 Å². The van der Waals surface area contributed by atoms with Crippen molar-refractivity contribution in [3.8, 4) is 0 Å². The zero-order chi connectivity index (χ0) is 16.0. The monoisotopic (exact) mass is 325 g/mol. The molecule has 3 rings (SSSR count). The molecule has 8 nitrogen and oxygen atoms in total. The van der Waals surface area contributed by atoms with Crippen LogP contribution in [-0.4, -0.2) is 31.1 Å². The number of hydrogen-bond acceptors (Lipinski definition) is 4. The molecule has 22 heavy (non-hydrogen) atoms. The van der Waals surface area contributed by atoms with Crippen LogP contribution in [0.1, 0.15) is 12.8 Å². The predicted octanol–water partition coefficient (Wildman–Crippen LogP) is -0.387. The zero-order valence-electron chi connectivity index (χ0n) is 12.3. The van der Waals surface area contributed by atoms with Gasteiger partial charge in [-0.05, 0) is 30.4 Å². The molecule has 118 valence electrons. The lowest BCUT2D eigenvalue weighted by molar-refractivity contribution is -0.121. The fourth-order valence-corrected chi connectivity index (χ4v) is 2.57. The van der Waals surface area contributed by atoms with Gasteiger partial charge in [0, 0.05) is 20.6 Å².